The van der Waals surface area contributed by atoms with E-state index in [0.29, 0.717) is 6.42 Å². The summed E-state index contributed by atoms with van der Waals surface area (Å²) in [5.74, 6) is 2.04. The monoisotopic (exact) mass is 429 g/mol. The number of nitrogens with zero attached hydrogens (tertiary/aromatic N) is 3. The minimum absolute atomic E-state index is 0.0192. The van der Waals surface area contributed by atoms with Gasteiger partial charge in [0, 0.05) is 45.8 Å². The topological polar surface area (TPSA) is 88.9 Å². The van der Waals surface area contributed by atoms with Crippen molar-refractivity contribution < 1.29 is 13.7 Å². The van der Waals surface area contributed by atoms with Crippen LogP contribution in [0, 0.1) is 19.7 Å². The summed E-state index contributed by atoms with van der Waals surface area (Å²) in [7, 11) is 1.67. The van der Waals surface area contributed by atoms with Gasteiger partial charge < -0.3 is 19.6 Å². The van der Waals surface area contributed by atoms with E-state index in [1.807, 2.05) is 20.0 Å². The summed E-state index contributed by atoms with van der Waals surface area (Å²) in [6.07, 6.45) is 6.18. The minimum Gasteiger partial charge on any atom is -0.496 e. The molecule has 1 aliphatic carbocycles. The van der Waals surface area contributed by atoms with Crippen molar-refractivity contribution >= 4 is 27.9 Å². The van der Waals surface area contributed by atoms with Crippen LogP contribution in [0.25, 0.3) is 33.3 Å². The lowest BCUT2D eigenvalue weighted by molar-refractivity contribution is 0.306. The molecule has 1 unspecified atom stereocenters. The molecule has 0 bridgehead atoms. The molecule has 0 amide bonds. The quantitative estimate of drug-likeness (QED) is 0.476. The summed E-state index contributed by atoms with van der Waals surface area (Å²) in [6, 6.07) is 4.74. The highest BCUT2D eigenvalue weighted by Crippen LogP contribution is 2.47. The zero-order valence-electron chi connectivity index (χ0n) is 17.8. The van der Waals surface area contributed by atoms with Crippen molar-refractivity contribution in [3.8, 4) is 11.3 Å². The van der Waals surface area contributed by atoms with Gasteiger partial charge in [0.25, 0.3) is 0 Å². The average Bonchev–Trinajstić information content (AvgIpc) is 3.46. The Kier molecular flexibility index (Phi) is 3.98. The number of H-pyrrole nitrogens is 1. The zero-order valence-corrected chi connectivity index (χ0v) is 17.8. The molecule has 0 spiro atoms. The smallest absolute Gasteiger partial charge is 0.141 e. The fraction of sp³-hybridized carbons (Fsp3) is 0.208. The third kappa shape index (κ3) is 2.62. The summed E-state index contributed by atoms with van der Waals surface area (Å²) in [6.45, 7) is 3.85. The van der Waals surface area contributed by atoms with Crippen molar-refractivity contribution in [2.45, 2.75) is 26.3 Å². The number of benzene rings is 1. The molecule has 3 aromatic heterocycles. The Labute approximate surface area is 183 Å². The van der Waals surface area contributed by atoms with Gasteiger partial charge in [-0.15, -0.1) is 0 Å². The Morgan fingerprint density at radius 2 is 2.06 bits per heavy atom. The van der Waals surface area contributed by atoms with Gasteiger partial charge in [0.05, 0.1) is 24.5 Å². The highest BCUT2D eigenvalue weighted by molar-refractivity contribution is 6.02. The molecular weight excluding hydrogens is 409 g/mol. The van der Waals surface area contributed by atoms with E-state index in [0.717, 1.165) is 67.5 Å². The molecule has 6 rings (SSSR count). The second kappa shape index (κ2) is 6.78. The number of allylic oxidation sites excluding steroid dienone is 1. The van der Waals surface area contributed by atoms with Gasteiger partial charge in [0.15, 0.2) is 0 Å². The minimum atomic E-state index is -0.280. The number of aryl methyl sites for hydroxylation is 2. The molecule has 7 nitrogen and oxygen atoms in total. The number of hydrogen-bond donors (Lipinski definition) is 2. The van der Waals surface area contributed by atoms with Crippen molar-refractivity contribution in [2.24, 2.45) is 0 Å². The molecule has 1 aliphatic heterocycles. The molecule has 1 atom stereocenters. The average molecular weight is 429 g/mol. The Bertz CT molecular complexity index is 1440. The van der Waals surface area contributed by atoms with Gasteiger partial charge in [-0.1, -0.05) is 5.16 Å². The lowest BCUT2D eigenvalue weighted by atomic mass is 9.86. The number of aromatic amines is 1. The normalized spacial score (nSPS) is 17.2. The standard InChI is InChI=1S/C24H20FN5O2/c1-11-21(12(2)32-30-11)16-7-19-15(8-20(16)31-3)22-23(27-10-28-24(22)29-19)17-9-26-18-6-13(25)4-5-14(17)18/h4-6,8-10,19,26H,7H2,1-3H3,(H,27,28,29). The highest BCUT2D eigenvalue weighted by Gasteiger charge is 2.37. The van der Waals surface area contributed by atoms with Crippen LogP contribution in [0.3, 0.4) is 0 Å². The predicted octanol–water partition coefficient (Wildman–Crippen LogP) is 5.01. The van der Waals surface area contributed by atoms with Crippen molar-refractivity contribution in [1.29, 1.82) is 0 Å². The Morgan fingerprint density at radius 1 is 1.19 bits per heavy atom. The van der Waals surface area contributed by atoms with E-state index in [-0.39, 0.29) is 11.9 Å². The molecule has 4 heterocycles. The summed E-state index contributed by atoms with van der Waals surface area (Å²) >= 11 is 0. The maximum Gasteiger partial charge on any atom is 0.141 e. The SMILES string of the molecule is COC1=C(c2c(C)noc2C)CC2Nc3ncnc(-c4c[nH]c5cc(F)ccc45)c3C2=C1. The zero-order chi connectivity index (χ0) is 22.0. The van der Waals surface area contributed by atoms with Crippen LogP contribution in [0.1, 0.15) is 29.0 Å². The van der Waals surface area contributed by atoms with Gasteiger partial charge in [-0.3, -0.25) is 0 Å². The fourth-order valence-electron chi connectivity index (χ4n) is 4.87. The molecule has 160 valence electrons. The molecule has 0 saturated heterocycles. The number of methoxy groups -OCH3 is 1. The molecule has 32 heavy (non-hydrogen) atoms. The second-order valence-corrected chi connectivity index (χ2v) is 8.08. The van der Waals surface area contributed by atoms with E-state index < -0.39 is 0 Å². The van der Waals surface area contributed by atoms with E-state index >= 15 is 0 Å². The predicted molar refractivity (Wildman–Crippen MR) is 119 cm³/mol. The van der Waals surface area contributed by atoms with Gasteiger partial charge in [-0.2, -0.15) is 0 Å². The van der Waals surface area contributed by atoms with Crippen molar-refractivity contribution in [1.82, 2.24) is 20.1 Å². The lowest BCUT2D eigenvalue weighted by Gasteiger charge is -2.23. The largest absolute Gasteiger partial charge is 0.496 e. The fourth-order valence-corrected chi connectivity index (χ4v) is 4.87. The molecular formula is C24H20FN5O2. The maximum absolute atomic E-state index is 13.7. The molecule has 2 N–H and O–H groups in total. The van der Waals surface area contributed by atoms with Crippen LogP contribution in [-0.2, 0) is 4.74 Å². The van der Waals surface area contributed by atoms with Gasteiger partial charge in [-0.25, -0.2) is 14.4 Å². The summed E-state index contributed by atoms with van der Waals surface area (Å²) in [4.78, 5) is 12.3. The first-order chi connectivity index (χ1) is 15.5. The number of aromatic nitrogens is 4. The van der Waals surface area contributed by atoms with Crippen LogP contribution < -0.4 is 5.32 Å². The second-order valence-electron chi connectivity index (χ2n) is 8.08. The van der Waals surface area contributed by atoms with E-state index in [1.54, 1.807) is 19.5 Å². The molecule has 0 saturated carbocycles. The number of rotatable bonds is 3. The maximum atomic E-state index is 13.7. The van der Waals surface area contributed by atoms with E-state index in [4.69, 9.17) is 9.26 Å². The summed E-state index contributed by atoms with van der Waals surface area (Å²) in [5.41, 5.74) is 7.31. The van der Waals surface area contributed by atoms with E-state index in [9.17, 15) is 4.39 Å². The number of fused-ring (bicyclic) bond motifs is 4. The van der Waals surface area contributed by atoms with Crippen molar-refractivity contribution in [3.63, 3.8) is 0 Å². The molecule has 0 radical (unpaired) electrons. The van der Waals surface area contributed by atoms with Crippen molar-refractivity contribution in [3.05, 3.63) is 71.0 Å². The first-order valence-electron chi connectivity index (χ1n) is 10.4. The highest BCUT2D eigenvalue weighted by atomic mass is 19.1. The third-order valence-corrected chi connectivity index (χ3v) is 6.27. The first kappa shape index (κ1) is 18.8. The lowest BCUT2D eigenvalue weighted by Crippen LogP contribution is -2.19. The molecule has 0 fully saturated rings. The molecule has 8 heteroatoms. The Morgan fingerprint density at radius 3 is 2.84 bits per heavy atom. The summed E-state index contributed by atoms with van der Waals surface area (Å²) in [5, 5.41) is 8.56. The van der Waals surface area contributed by atoms with Crippen molar-refractivity contribution in [2.75, 3.05) is 12.4 Å². The van der Waals surface area contributed by atoms with Crippen LogP contribution in [0.2, 0.25) is 0 Å². The number of ether oxygens (including phenoxy) is 1. The van der Waals surface area contributed by atoms with Gasteiger partial charge in [0.2, 0.25) is 0 Å². The van der Waals surface area contributed by atoms with Crippen LogP contribution in [-0.4, -0.2) is 33.3 Å². The molecule has 4 aromatic rings. The first-order valence-corrected chi connectivity index (χ1v) is 10.4. The van der Waals surface area contributed by atoms with Crippen LogP contribution in [0.15, 0.2) is 47.1 Å². The Hall–Kier alpha value is -3.94. The van der Waals surface area contributed by atoms with Crippen LogP contribution in [0.5, 0.6) is 0 Å². The summed E-state index contributed by atoms with van der Waals surface area (Å²) < 4.78 is 24.9. The number of nitrogens with one attached hydrogen (secondary N) is 2. The van der Waals surface area contributed by atoms with Gasteiger partial charge in [0.1, 0.15) is 29.5 Å². The number of hydrogen-bond acceptors (Lipinski definition) is 6. The van der Waals surface area contributed by atoms with Gasteiger partial charge >= 0.3 is 0 Å². The van der Waals surface area contributed by atoms with Crippen LogP contribution >= 0.6 is 0 Å². The number of anilines is 1. The van der Waals surface area contributed by atoms with E-state index in [1.165, 1.54) is 12.1 Å². The molecule has 2 aliphatic rings. The van der Waals surface area contributed by atoms with Gasteiger partial charge in [-0.05, 0) is 43.7 Å². The number of halogens is 1. The third-order valence-electron chi connectivity index (χ3n) is 6.27. The van der Waals surface area contributed by atoms with E-state index in [2.05, 4.69) is 31.5 Å². The molecule has 1 aromatic carbocycles. The van der Waals surface area contributed by atoms with Crippen LogP contribution in [0.4, 0.5) is 10.2 Å². The Balaban J connectivity index is 1.54.